The van der Waals surface area contributed by atoms with E-state index in [4.69, 9.17) is 10.2 Å². The van der Waals surface area contributed by atoms with Crippen molar-refractivity contribution in [2.75, 3.05) is 26.6 Å². The van der Waals surface area contributed by atoms with E-state index in [-0.39, 0.29) is 13.1 Å². The molecule has 6 heteroatoms. The van der Waals surface area contributed by atoms with Crippen LogP contribution >= 0.6 is 0 Å². The zero-order valence-electron chi connectivity index (χ0n) is 5.97. The molecule has 0 radical (unpaired) electrons. The molecule has 0 aromatic carbocycles. The van der Waals surface area contributed by atoms with Gasteiger partial charge in [-0.25, -0.2) is 10.0 Å². The number of hydroxylamine groups is 3. The molecule has 1 aliphatic heterocycles. The highest BCUT2D eigenvalue weighted by atomic mass is 16.6. The zero-order chi connectivity index (χ0) is 8.48. The van der Waals surface area contributed by atoms with Crippen LogP contribution in [0.3, 0.4) is 0 Å². The van der Waals surface area contributed by atoms with Crippen molar-refractivity contribution in [2.45, 2.75) is 0 Å². The van der Waals surface area contributed by atoms with Gasteiger partial charge < -0.3 is 10.2 Å². The van der Waals surface area contributed by atoms with E-state index in [1.807, 2.05) is 0 Å². The summed E-state index contributed by atoms with van der Waals surface area (Å²) in [7, 11) is 0. The molecule has 0 spiro atoms. The van der Waals surface area contributed by atoms with E-state index in [1.165, 1.54) is 0 Å². The summed E-state index contributed by atoms with van der Waals surface area (Å²) in [5, 5.41) is 26.4. The van der Waals surface area contributed by atoms with Gasteiger partial charge in [0.1, 0.15) is 13.3 Å². The van der Waals surface area contributed by atoms with Crippen LogP contribution in [-0.4, -0.2) is 57.5 Å². The minimum absolute atomic E-state index is 0.121. The number of carbonyl (C=O) groups excluding carboxylic acids is 1. The highest BCUT2D eigenvalue weighted by Crippen LogP contribution is 2.13. The fraction of sp³-hybridized carbons (Fsp3) is 0.800. The third-order valence-electron chi connectivity index (χ3n) is 1.77. The molecule has 1 rings (SSSR count). The molecule has 3 N–H and O–H groups in total. The second-order valence-electron chi connectivity index (χ2n) is 2.48. The average Bonchev–Trinajstić information content (AvgIpc) is 2.31. The maximum atomic E-state index is 11.0. The Kier molecular flexibility index (Phi) is 2.10. The minimum atomic E-state index is -1.01. The van der Waals surface area contributed by atoms with Gasteiger partial charge in [0.05, 0.1) is 6.54 Å². The van der Waals surface area contributed by atoms with E-state index >= 15 is 0 Å². The molecule has 0 aliphatic carbocycles. The van der Waals surface area contributed by atoms with Crippen LogP contribution < -0.4 is 0 Å². The molecule has 64 valence electrons. The molecule has 0 saturated carbocycles. The second kappa shape index (κ2) is 2.74. The lowest BCUT2D eigenvalue weighted by molar-refractivity contribution is -1.04. The van der Waals surface area contributed by atoms with E-state index in [1.54, 1.807) is 0 Å². The van der Waals surface area contributed by atoms with Crippen molar-refractivity contribution in [3.63, 3.8) is 0 Å². The number of hydrogen-bond donors (Lipinski definition) is 3. The molecule has 1 unspecified atom stereocenters. The number of nitrogens with zero attached hydrogens (tertiary/aromatic N) is 2. The van der Waals surface area contributed by atoms with Crippen molar-refractivity contribution in [1.82, 2.24) is 4.90 Å². The molecule has 1 fully saturated rings. The number of urea groups is 1. The summed E-state index contributed by atoms with van der Waals surface area (Å²) in [6, 6.07) is -0.657. The lowest BCUT2D eigenvalue weighted by Crippen LogP contribution is -2.48. The maximum absolute atomic E-state index is 11.0. The molecule has 2 amide bonds. The highest BCUT2D eigenvalue weighted by molar-refractivity contribution is 5.67. The van der Waals surface area contributed by atoms with Gasteiger partial charge in [0.25, 0.3) is 0 Å². The summed E-state index contributed by atoms with van der Waals surface area (Å²) in [6.07, 6.45) is 0. The van der Waals surface area contributed by atoms with E-state index in [2.05, 4.69) is 0 Å². The minimum Gasteiger partial charge on any atom is -0.376 e. The number of rotatable bonds is 2. The molecule has 1 heterocycles. The molecule has 0 aromatic rings. The lowest BCUT2D eigenvalue weighted by Gasteiger charge is -2.17. The van der Waals surface area contributed by atoms with E-state index in [0.29, 0.717) is 0 Å². The topological polar surface area (TPSA) is 81.0 Å². The number of quaternary nitrogens is 1. The van der Waals surface area contributed by atoms with Crippen molar-refractivity contribution < 1.29 is 24.9 Å². The predicted molar refractivity (Wildman–Crippen MR) is 33.2 cm³/mol. The largest absolute Gasteiger partial charge is 0.455 e. The highest BCUT2D eigenvalue weighted by Gasteiger charge is 2.46. The van der Waals surface area contributed by atoms with Crippen LogP contribution in [0.1, 0.15) is 0 Å². The van der Waals surface area contributed by atoms with Crippen molar-refractivity contribution in [3.05, 3.63) is 0 Å². The quantitative estimate of drug-likeness (QED) is 0.343. The Bertz CT molecular complexity index is 174. The number of aliphatic hydroxyl groups excluding tert-OH is 2. The van der Waals surface area contributed by atoms with E-state index in [0.717, 1.165) is 4.90 Å². The number of amides is 2. The first-order valence-corrected chi connectivity index (χ1v) is 3.25. The van der Waals surface area contributed by atoms with Gasteiger partial charge in [0.15, 0.2) is 0 Å². The number of hydrogen-bond acceptors (Lipinski definition) is 4. The van der Waals surface area contributed by atoms with Gasteiger partial charge in [-0.2, -0.15) is 0 Å². The van der Waals surface area contributed by atoms with Crippen LogP contribution in [0.4, 0.5) is 4.79 Å². The Labute approximate surface area is 63.4 Å². The molecule has 1 aliphatic rings. The Morgan fingerprint density at radius 3 is 2.45 bits per heavy atom. The van der Waals surface area contributed by atoms with Crippen LogP contribution in [0.25, 0.3) is 0 Å². The normalized spacial score (nSPS) is 31.5. The molecule has 6 nitrogen and oxygen atoms in total. The van der Waals surface area contributed by atoms with Gasteiger partial charge in [-0.1, -0.05) is 4.65 Å². The van der Waals surface area contributed by atoms with Crippen molar-refractivity contribution in [1.29, 1.82) is 0 Å². The number of carbonyl (C=O) groups is 1. The van der Waals surface area contributed by atoms with Gasteiger partial charge in [-0.3, -0.25) is 4.90 Å². The average molecular weight is 163 g/mol. The summed E-state index contributed by atoms with van der Waals surface area (Å²) >= 11 is 0. The summed E-state index contributed by atoms with van der Waals surface area (Å²) in [4.78, 5) is 12.1. The molecule has 0 aromatic heterocycles. The molecular formula is C5H11N2O4+. The monoisotopic (exact) mass is 163 g/mol. The zero-order valence-corrected chi connectivity index (χ0v) is 5.97. The third kappa shape index (κ3) is 1.21. The first kappa shape index (κ1) is 8.41. The van der Waals surface area contributed by atoms with Crippen LogP contribution in [0.15, 0.2) is 0 Å². The van der Waals surface area contributed by atoms with Gasteiger partial charge in [-0.15, -0.1) is 0 Å². The molecule has 0 bridgehead atoms. The SMILES string of the molecule is O=C1N(CO)CC[N+]1(O)CO. The van der Waals surface area contributed by atoms with E-state index < -0.39 is 24.1 Å². The summed E-state index contributed by atoms with van der Waals surface area (Å²) < 4.78 is -1.01. The summed E-state index contributed by atoms with van der Waals surface area (Å²) in [5.74, 6) is 0. The Balaban J connectivity index is 2.69. The Morgan fingerprint density at radius 2 is 2.18 bits per heavy atom. The fourth-order valence-corrected chi connectivity index (χ4v) is 1.00. The smallest absolute Gasteiger partial charge is 0.376 e. The van der Waals surface area contributed by atoms with Crippen LogP contribution in [0.5, 0.6) is 0 Å². The van der Waals surface area contributed by atoms with Crippen LogP contribution in [0, 0.1) is 0 Å². The molecule has 11 heavy (non-hydrogen) atoms. The Morgan fingerprint density at radius 1 is 1.55 bits per heavy atom. The predicted octanol–water partition coefficient (Wildman–Crippen LogP) is -1.47. The first-order chi connectivity index (χ1) is 5.14. The standard InChI is InChI=1S/C5H11N2O4/c8-3-6-1-2-7(11,4-9)5(6)10/h8-9,11H,1-4H2/q+1. The van der Waals surface area contributed by atoms with Gasteiger partial charge in [-0.05, 0) is 0 Å². The second-order valence-corrected chi connectivity index (χ2v) is 2.48. The van der Waals surface area contributed by atoms with Crippen LogP contribution in [-0.2, 0) is 0 Å². The van der Waals surface area contributed by atoms with Crippen molar-refractivity contribution in [2.24, 2.45) is 0 Å². The van der Waals surface area contributed by atoms with Gasteiger partial charge >= 0.3 is 6.03 Å². The van der Waals surface area contributed by atoms with E-state index in [9.17, 15) is 10.0 Å². The van der Waals surface area contributed by atoms with Crippen LogP contribution in [0.2, 0.25) is 0 Å². The number of aliphatic hydroxyl groups is 2. The first-order valence-electron chi connectivity index (χ1n) is 3.25. The molecule has 1 saturated heterocycles. The lowest BCUT2D eigenvalue weighted by atomic mass is 10.6. The third-order valence-corrected chi connectivity index (χ3v) is 1.77. The van der Waals surface area contributed by atoms with Crippen molar-refractivity contribution >= 4 is 6.03 Å². The van der Waals surface area contributed by atoms with Crippen molar-refractivity contribution in [3.8, 4) is 0 Å². The summed E-state index contributed by atoms with van der Waals surface area (Å²) in [5.41, 5.74) is 0. The Hall–Kier alpha value is -0.690. The van der Waals surface area contributed by atoms with Gasteiger partial charge in [0, 0.05) is 0 Å². The summed E-state index contributed by atoms with van der Waals surface area (Å²) in [6.45, 7) is -0.670. The van der Waals surface area contributed by atoms with Gasteiger partial charge in [0.2, 0.25) is 6.73 Å². The molecule has 1 atom stereocenters. The molecular weight excluding hydrogens is 152 g/mol. The fourth-order valence-electron chi connectivity index (χ4n) is 1.00. The maximum Gasteiger partial charge on any atom is 0.455 e.